The highest BCUT2D eigenvalue weighted by Gasteiger charge is 2.32. The lowest BCUT2D eigenvalue weighted by atomic mass is 9.91. The van der Waals surface area contributed by atoms with Crippen molar-refractivity contribution < 1.29 is 0 Å². The van der Waals surface area contributed by atoms with E-state index >= 15 is 0 Å². The second-order valence-corrected chi connectivity index (χ2v) is 20.4. The van der Waals surface area contributed by atoms with Gasteiger partial charge in [-0.15, -0.1) is 6.42 Å². The van der Waals surface area contributed by atoms with Crippen LogP contribution in [0.15, 0.2) is 299 Å². The molecule has 6 nitrogen and oxygen atoms in total. The largest absolute Gasteiger partial charge is 0.360 e. The molecule has 0 bridgehead atoms. The van der Waals surface area contributed by atoms with Crippen LogP contribution < -0.4 is 20.0 Å². The molecular weight excluding hydrogens is 973 g/mol. The van der Waals surface area contributed by atoms with Gasteiger partial charge in [0.15, 0.2) is 0 Å². The number of likely N-dealkylation sites (N-methyl/N-ethyl adjacent to an activating group) is 1. The van der Waals surface area contributed by atoms with Crippen molar-refractivity contribution in [1.29, 1.82) is 0 Å². The average molecular weight is 1050 g/mol. The van der Waals surface area contributed by atoms with Crippen molar-refractivity contribution in [2.75, 3.05) is 28.3 Å². The van der Waals surface area contributed by atoms with E-state index in [4.69, 9.17) is 11.4 Å². The highest BCUT2D eigenvalue weighted by molar-refractivity contribution is 6.07. The molecule has 0 aromatic heterocycles. The predicted molar refractivity (Wildman–Crippen MR) is 344 cm³/mol. The molecule has 80 heavy (non-hydrogen) atoms. The van der Waals surface area contributed by atoms with E-state index in [0.717, 1.165) is 92.9 Å². The Hall–Kier alpha value is -8.89. The van der Waals surface area contributed by atoms with Gasteiger partial charge in [-0.05, 0) is 180 Å². The number of anilines is 5. The second kappa shape index (κ2) is 28.7. The summed E-state index contributed by atoms with van der Waals surface area (Å²) in [6, 6.07) is 49.4. The van der Waals surface area contributed by atoms with Gasteiger partial charge in [0.25, 0.3) is 0 Å². The molecule has 2 unspecified atom stereocenters. The Labute approximate surface area is 478 Å². The molecule has 2 aliphatic carbocycles. The fraction of sp³-hybridized carbons (Fsp3) is 0.203. The molecule has 404 valence electrons. The van der Waals surface area contributed by atoms with Crippen LogP contribution in [0.2, 0.25) is 0 Å². The highest BCUT2D eigenvalue weighted by atomic mass is 15.2. The second-order valence-electron chi connectivity index (χ2n) is 20.4. The van der Waals surface area contributed by atoms with Crippen LogP contribution in [-0.2, 0) is 0 Å². The molecule has 5 aromatic rings. The summed E-state index contributed by atoms with van der Waals surface area (Å²) in [5.41, 5.74) is 17.3. The number of aliphatic imine (C=N–C) groups is 1. The number of hydrogen-bond donors (Lipinski definition) is 1. The van der Waals surface area contributed by atoms with Crippen LogP contribution >= 0.6 is 0 Å². The molecule has 8 rings (SSSR count). The molecule has 0 saturated heterocycles. The summed E-state index contributed by atoms with van der Waals surface area (Å²) < 4.78 is 0. The zero-order chi connectivity index (χ0) is 56.2. The van der Waals surface area contributed by atoms with E-state index in [-0.39, 0.29) is 12.1 Å². The number of nitrogens with zero attached hydrogens (tertiary/aromatic N) is 5. The van der Waals surface area contributed by atoms with Crippen molar-refractivity contribution >= 4 is 34.1 Å². The lowest BCUT2D eigenvalue weighted by molar-refractivity contribution is 0.375. The van der Waals surface area contributed by atoms with Crippen LogP contribution in [-0.4, -0.2) is 30.2 Å². The van der Waals surface area contributed by atoms with Crippen molar-refractivity contribution in [3.8, 4) is 12.3 Å². The fourth-order valence-electron chi connectivity index (χ4n) is 10.2. The topological polar surface area (TPSA) is 37.4 Å². The molecule has 0 spiro atoms. The van der Waals surface area contributed by atoms with Crippen LogP contribution in [0.5, 0.6) is 0 Å². The summed E-state index contributed by atoms with van der Waals surface area (Å²) in [5.74, 6) is 3.09. The Bertz CT molecular complexity index is 3380. The third-order valence-corrected chi connectivity index (χ3v) is 14.3. The lowest BCUT2D eigenvalue weighted by Crippen LogP contribution is -2.35. The molecular formula is C74H78N6. The van der Waals surface area contributed by atoms with Gasteiger partial charge in [-0.3, -0.25) is 0 Å². The maximum atomic E-state index is 5.73. The van der Waals surface area contributed by atoms with Gasteiger partial charge in [0, 0.05) is 70.9 Å². The normalized spacial score (nSPS) is 17.7. The Balaban J connectivity index is 1.13. The first-order valence-electron chi connectivity index (χ1n) is 28.2. The maximum absolute atomic E-state index is 5.73. The standard InChI is InChI=1S/C74H78N6/c1-10-14-30-62(12-3)78(64-31-20-16-21-32-64)70-51-45-61(46-52-70)74-73(60-43-49-69(50-44-60)79(65-33-22-17-23-34-65)63(13-4)47-41-56(5)6)76-71(40-15-11-2)72(77(74)9)55-57(7)53-54-75-58(8)59-29-28-39-68(48-42-59)80(66-35-24-18-25-36-66)67-37-26-19-27-38-67/h1,11-18,20-26,29-53,55-56,58,74-75H,19,27-28,54H2,2-9H3/b15-11+,30-14-,47-41-,57-53+,62-12+,63-13+,71-40+,72-55+. The summed E-state index contributed by atoms with van der Waals surface area (Å²) in [5, 5.41) is 3.82. The third kappa shape index (κ3) is 14.4. The van der Waals surface area contributed by atoms with Gasteiger partial charge < -0.3 is 24.9 Å². The van der Waals surface area contributed by atoms with Crippen LogP contribution in [0, 0.1) is 18.3 Å². The minimum absolute atomic E-state index is 0.138. The van der Waals surface area contributed by atoms with Gasteiger partial charge in [0.1, 0.15) is 0 Å². The van der Waals surface area contributed by atoms with E-state index in [2.05, 4.69) is 303 Å². The van der Waals surface area contributed by atoms with Crippen molar-refractivity contribution in [1.82, 2.24) is 10.2 Å². The van der Waals surface area contributed by atoms with Crippen molar-refractivity contribution in [3.63, 3.8) is 0 Å². The molecule has 1 N–H and O–H groups in total. The number of benzene rings is 5. The lowest BCUT2D eigenvalue weighted by Gasteiger charge is -2.38. The Morgan fingerprint density at radius 3 is 1.86 bits per heavy atom. The summed E-state index contributed by atoms with van der Waals surface area (Å²) in [6.07, 6.45) is 48.1. The molecule has 6 heteroatoms. The first-order chi connectivity index (χ1) is 39.1. The van der Waals surface area contributed by atoms with E-state index in [1.807, 2.05) is 26.0 Å². The van der Waals surface area contributed by atoms with E-state index in [9.17, 15) is 0 Å². The number of rotatable bonds is 20. The molecule has 0 saturated carbocycles. The Morgan fingerprint density at radius 1 is 0.700 bits per heavy atom. The summed E-state index contributed by atoms with van der Waals surface area (Å²) in [4.78, 5) is 15.0. The Morgan fingerprint density at radius 2 is 1.29 bits per heavy atom. The molecule has 1 heterocycles. The van der Waals surface area contributed by atoms with Crippen LogP contribution in [0.4, 0.5) is 28.4 Å². The summed E-state index contributed by atoms with van der Waals surface area (Å²) in [6.45, 7) is 15.8. The summed E-state index contributed by atoms with van der Waals surface area (Å²) in [7, 11) is 2.20. The molecule has 0 radical (unpaired) electrons. The third-order valence-electron chi connectivity index (χ3n) is 14.3. The zero-order valence-electron chi connectivity index (χ0n) is 48.0. The Kier molecular flexibility index (Phi) is 20.5. The highest BCUT2D eigenvalue weighted by Crippen LogP contribution is 2.40. The minimum atomic E-state index is -0.233. The molecule has 0 fully saturated rings. The van der Waals surface area contributed by atoms with E-state index in [1.54, 1.807) is 6.08 Å². The molecule has 1 aliphatic heterocycles. The summed E-state index contributed by atoms with van der Waals surface area (Å²) >= 11 is 0. The number of allylic oxidation sites excluding steroid dienone is 17. The van der Waals surface area contributed by atoms with Crippen LogP contribution in [0.1, 0.15) is 84.9 Å². The number of hydrogen-bond acceptors (Lipinski definition) is 6. The number of terminal acetylenes is 1. The predicted octanol–water partition coefficient (Wildman–Crippen LogP) is 18.4. The number of para-hydroxylation sites is 3. The molecule has 0 amide bonds. The van der Waals surface area contributed by atoms with Crippen LogP contribution in [0.25, 0.3) is 0 Å². The van der Waals surface area contributed by atoms with E-state index in [0.29, 0.717) is 12.5 Å². The first-order valence-corrected chi connectivity index (χ1v) is 28.2. The van der Waals surface area contributed by atoms with Gasteiger partial charge in [0.05, 0.1) is 23.1 Å². The monoisotopic (exact) mass is 1050 g/mol. The van der Waals surface area contributed by atoms with Crippen molar-refractivity contribution in [2.45, 2.75) is 79.8 Å². The maximum Gasteiger partial charge on any atom is 0.0970 e. The average Bonchev–Trinajstić information content (AvgIpc) is 3.82. The fourth-order valence-corrected chi connectivity index (χ4v) is 10.2. The molecule has 5 aromatic carbocycles. The number of nitrogens with one attached hydrogen (secondary N) is 1. The van der Waals surface area contributed by atoms with Gasteiger partial charge in [0.2, 0.25) is 0 Å². The molecule has 3 aliphatic rings. The minimum Gasteiger partial charge on any atom is -0.360 e. The van der Waals surface area contributed by atoms with Gasteiger partial charge in [-0.2, -0.15) is 0 Å². The van der Waals surface area contributed by atoms with Gasteiger partial charge in [-0.1, -0.05) is 171 Å². The van der Waals surface area contributed by atoms with Gasteiger partial charge in [-0.25, -0.2) is 4.99 Å². The molecule has 2 atom stereocenters. The van der Waals surface area contributed by atoms with E-state index < -0.39 is 0 Å². The smallest absolute Gasteiger partial charge is 0.0970 e. The van der Waals surface area contributed by atoms with Crippen LogP contribution in [0.3, 0.4) is 0 Å². The SMILES string of the molecule is C#C/C=C\C(=C/C)N(c1ccccc1)c1ccc(C2C(c3ccc(N(C(/C=C\C(C)C)=C/C)c4ccccc4)cc3)=NC(=C/C=C/C)/C(=C\C(C)=C\CNC(C)C3=CCC=C(N(C4=CCCC=C4)c4ccccc4)C=C3)N2C)cc1. The van der Waals surface area contributed by atoms with Crippen molar-refractivity contribution in [2.24, 2.45) is 10.9 Å². The van der Waals surface area contributed by atoms with E-state index in [1.165, 1.54) is 17.0 Å². The van der Waals surface area contributed by atoms with Gasteiger partial charge >= 0.3 is 0 Å². The first kappa shape index (κ1) is 57.3. The quantitative estimate of drug-likeness (QED) is 0.0621. The zero-order valence-corrected chi connectivity index (χ0v) is 48.0. The van der Waals surface area contributed by atoms with Crippen molar-refractivity contribution in [3.05, 3.63) is 305 Å².